The molecule has 4 N–H and O–H groups in total. The van der Waals surface area contributed by atoms with Gasteiger partial charge in [0.1, 0.15) is 0 Å². The monoisotopic (exact) mass is 641 g/mol. The third-order valence-electron chi connectivity index (χ3n) is 8.79. The summed E-state index contributed by atoms with van der Waals surface area (Å²) in [4.78, 5) is 43.8. The highest BCUT2D eigenvalue weighted by atomic mass is 16.4. The quantitative estimate of drug-likeness (QED) is 0.150. The van der Waals surface area contributed by atoms with Crippen LogP contribution in [0.1, 0.15) is 84.6 Å². The van der Waals surface area contributed by atoms with Crippen molar-refractivity contribution in [3.63, 3.8) is 0 Å². The number of carboxylic acids is 2. The molecule has 0 amide bonds. The molecule has 8 bridgehead atoms. The fourth-order valence-corrected chi connectivity index (χ4v) is 6.08. The second kappa shape index (κ2) is 14.3. The smallest absolute Gasteiger partial charge is 0.303 e. The lowest BCUT2D eigenvalue weighted by Crippen LogP contribution is -1.97. The van der Waals surface area contributed by atoms with Crippen molar-refractivity contribution in [2.45, 2.75) is 53.4 Å². The normalized spacial score (nSPS) is 12.4. The van der Waals surface area contributed by atoms with Gasteiger partial charge in [-0.25, -0.2) is 9.97 Å². The fourth-order valence-electron chi connectivity index (χ4n) is 6.08. The van der Waals surface area contributed by atoms with Crippen LogP contribution in [0.15, 0.2) is 68.0 Å². The van der Waals surface area contributed by atoms with Gasteiger partial charge >= 0.3 is 11.9 Å². The molecule has 0 radical (unpaired) electrons. The van der Waals surface area contributed by atoms with Gasteiger partial charge in [-0.15, -0.1) is 0 Å². The third kappa shape index (κ3) is 6.95. The first-order valence-electron chi connectivity index (χ1n) is 15.7. The Labute approximate surface area is 279 Å². The third-order valence-corrected chi connectivity index (χ3v) is 8.79. The number of allylic oxidation sites excluding steroid dienone is 4. The number of aliphatic carboxylic acids is 2. The van der Waals surface area contributed by atoms with Crippen LogP contribution < -0.4 is 0 Å². The zero-order valence-corrected chi connectivity index (χ0v) is 27.6. The number of aromatic amines is 2. The minimum Gasteiger partial charge on any atom is -0.481 e. The number of nitrogens with zero attached hydrogens (tertiary/aromatic N) is 3. The lowest BCUT2D eigenvalue weighted by atomic mass is 9.98. The summed E-state index contributed by atoms with van der Waals surface area (Å²) >= 11 is 0. The zero-order valence-electron chi connectivity index (χ0n) is 27.6. The van der Waals surface area contributed by atoms with Gasteiger partial charge in [0, 0.05) is 58.4 Å². The predicted octanol–water partition coefficient (Wildman–Crippen LogP) is 8.89. The molecule has 0 fully saturated rings. The van der Waals surface area contributed by atoms with Crippen molar-refractivity contribution in [1.29, 1.82) is 0 Å². The van der Waals surface area contributed by atoms with Gasteiger partial charge in [-0.2, -0.15) is 0 Å². The first-order chi connectivity index (χ1) is 23.0. The Balaban J connectivity index is 0.000000677. The molecular weight excluding hydrogens is 602 g/mol. The van der Waals surface area contributed by atoms with E-state index in [0.717, 1.165) is 78.0 Å². The van der Waals surface area contributed by atoms with E-state index in [0.29, 0.717) is 24.2 Å². The first-order valence-corrected chi connectivity index (χ1v) is 15.7. The van der Waals surface area contributed by atoms with Crippen molar-refractivity contribution in [3.8, 4) is 0 Å². The molecule has 2 aliphatic rings. The highest BCUT2D eigenvalue weighted by Gasteiger charge is 2.22. The standard InChI is InChI=1S/C34H34N4O4.C5H5N/c1-7-21-17(3)25-13-26-19(5)23(9-11-33(39)40)31(37-26)16-32-24(10-12-34(41)42)20(6)28(38-32)15-30-22(8-2)18(4)27(36-30)14-29(21)35-25;1-2-4-6-5-3-1/h7-8,13-16,35-36H,1-2,9-12H2,3-6H3,(H,39,40)(H,41,42);1-5H. The summed E-state index contributed by atoms with van der Waals surface area (Å²) in [5.74, 6) is -1.78. The van der Waals surface area contributed by atoms with Crippen LogP contribution in [0.25, 0.3) is 56.5 Å². The highest BCUT2D eigenvalue weighted by Crippen LogP contribution is 2.38. The van der Waals surface area contributed by atoms with Gasteiger partial charge in [0.2, 0.25) is 0 Å². The van der Waals surface area contributed by atoms with Gasteiger partial charge in [0.25, 0.3) is 0 Å². The van der Waals surface area contributed by atoms with Crippen LogP contribution in [0.3, 0.4) is 0 Å². The van der Waals surface area contributed by atoms with E-state index in [-0.39, 0.29) is 12.8 Å². The van der Waals surface area contributed by atoms with Crippen molar-refractivity contribution in [2.75, 3.05) is 0 Å². The van der Waals surface area contributed by atoms with Gasteiger partial charge in [-0.3, -0.25) is 14.6 Å². The van der Waals surface area contributed by atoms with Crippen molar-refractivity contribution in [3.05, 3.63) is 113 Å². The fraction of sp³-hybridized carbons (Fsp3) is 0.205. The van der Waals surface area contributed by atoms with Crippen LogP contribution in [0.5, 0.6) is 0 Å². The molecule has 0 aliphatic carbocycles. The van der Waals surface area contributed by atoms with E-state index in [2.05, 4.69) is 34.2 Å². The Morgan fingerprint density at radius 3 is 1.48 bits per heavy atom. The maximum Gasteiger partial charge on any atom is 0.303 e. The van der Waals surface area contributed by atoms with E-state index >= 15 is 0 Å². The molecule has 4 aromatic rings. The summed E-state index contributed by atoms with van der Waals surface area (Å²) in [6, 6.07) is 13.6. The minimum atomic E-state index is -0.889. The summed E-state index contributed by atoms with van der Waals surface area (Å²) in [6.07, 6.45) is 7.70. The number of rotatable bonds is 8. The number of carboxylic acid groups (broad SMARTS) is 2. The molecule has 6 heterocycles. The van der Waals surface area contributed by atoms with E-state index in [1.54, 1.807) is 12.4 Å². The Kier molecular flexibility index (Phi) is 9.99. The number of H-pyrrole nitrogens is 2. The minimum absolute atomic E-state index is 0.0367. The maximum atomic E-state index is 11.5. The number of fused-ring (bicyclic) bond motifs is 8. The van der Waals surface area contributed by atoms with Crippen LogP contribution >= 0.6 is 0 Å². The van der Waals surface area contributed by atoms with Crippen LogP contribution in [0, 0.1) is 13.8 Å². The summed E-state index contributed by atoms with van der Waals surface area (Å²) in [5, 5.41) is 18.9. The second-order valence-corrected chi connectivity index (χ2v) is 11.8. The van der Waals surface area contributed by atoms with E-state index in [1.807, 2.05) is 76.2 Å². The van der Waals surface area contributed by atoms with Gasteiger partial charge in [-0.05, 0) is 110 Å². The zero-order chi connectivity index (χ0) is 34.5. The lowest BCUT2D eigenvalue weighted by molar-refractivity contribution is -0.137. The first kappa shape index (κ1) is 33.5. The number of aryl methyl sites for hydroxylation is 2. The predicted molar refractivity (Wildman–Crippen MR) is 194 cm³/mol. The molecule has 9 heteroatoms. The van der Waals surface area contributed by atoms with Gasteiger partial charge in [0.05, 0.1) is 22.8 Å². The van der Waals surface area contributed by atoms with E-state index in [1.165, 1.54) is 0 Å². The van der Waals surface area contributed by atoms with Crippen LogP contribution in [-0.2, 0) is 9.59 Å². The van der Waals surface area contributed by atoms with Crippen molar-refractivity contribution in [1.82, 2.24) is 24.9 Å². The Morgan fingerprint density at radius 1 is 0.646 bits per heavy atom. The Bertz CT molecular complexity index is 2140. The molecule has 9 nitrogen and oxygen atoms in total. The molecule has 244 valence electrons. The van der Waals surface area contributed by atoms with Gasteiger partial charge < -0.3 is 20.2 Å². The number of hydrogen-bond acceptors (Lipinski definition) is 5. The lowest BCUT2D eigenvalue weighted by Gasteiger charge is -2.05. The van der Waals surface area contributed by atoms with Crippen molar-refractivity contribution in [2.24, 2.45) is 0 Å². The summed E-state index contributed by atoms with van der Waals surface area (Å²) in [6.45, 7) is 16.1. The van der Waals surface area contributed by atoms with Crippen LogP contribution in [0.4, 0.5) is 0 Å². The highest BCUT2D eigenvalue weighted by molar-refractivity contribution is 5.97. The molecule has 0 saturated carbocycles. The summed E-state index contributed by atoms with van der Waals surface area (Å²) in [5.41, 5.74) is 13.7. The number of carbonyl (C=O) groups is 2. The SMILES string of the molecule is C=Cc1c(C)c2cc3[nH]c(cc4nc(cc5nc(cc1[nH]2)C(C)=C5CCC(=O)O)C(CCC(=O)O)=C4C)c(C)c3C=C.c1ccncc1. The number of pyridine rings is 1. The molecule has 2 aliphatic heterocycles. The van der Waals surface area contributed by atoms with E-state index in [4.69, 9.17) is 9.97 Å². The number of nitrogens with one attached hydrogen (secondary N) is 2. The molecule has 4 aromatic heterocycles. The van der Waals surface area contributed by atoms with Crippen molar-refractivity contribution >= 4 is 68.4 Å². The largest absolute Gasteiger partial charge is 0.481 e. The number of hydrogen-bond donors (Lipinski definition) is 4. The Morgan fingerprint density at radius 2 is 1.08 bits per heavy atom. The maximum absolute atomic E-state index is 11.5. The van der Waals surface area contributed by atoms with E-state index < -0.39 is 11.9 Å². The van der Waals surface area contributed by atoms with E-state index in [9.17, 15) is 19.8 Å². The summed E-state index contributed by atoms with van der Waals surface area (Å²) < 4.78 is 0. The average Bonchev–Trinajstić information content (AvgIpc) is 3.72. The molecule has 6 rings (SSSR count). The van der Waals surface area contributed by atoms with Gasteiger partial charge in [0.15, 0.2) is 0 Å². The molecule has 0 spiro atoms. The summed E-state index contributed by atoms with van der Waals surface area (Å²) in [7, 11) is 0. The Hall–Kier alpha value is -5.83. The topological polar surface area (TPSA) is 145 Å². The second-order valence-electron chi connectivity index (χ2n) is 11.8. The number of aromatic nitrogens is 5. The van der Waals surface area contributed by atoms with Crippen LogP contribution in [-0.4, -0.2) is 47.1 Å². The van der Waals surface area contributed by atoms with Crippen LogP contribution in [0.2, 0.25) is 0 Å². The average molecular weight is 642 g/mol. The molecular formula is C39H39N5O4. The van der Waals surface area contributed by atoms with Crippen molar-refractivity contribution < 1.29 is 19.8 Å². The molecule has 0 unspecified atom stereocenters. The molecule has 0 saturated heterocycles. The molecule has 48 heavy (non-hydrogen) atoms. The molecule has 0 aromatic carbocycles. The van der Waals surface area contributed by atoms with Gasteiger partial charge in [-0.1, -0.05) is 31.4 Å². The molecule has 0 atom stereocenters.